The summed E-state index contributed by atoms with van der Waals surface area (Å²) < 4.78 is 0.911. The maximum atomic E-state index is 13.3. The molecule has 2 amide bonds. The summed E-state index contributed by atoms with van der Waals surface area (Å²) in [5.41, 5.74) is 3.04. The number of carbonyl (C=O) groups excluding carboxylic acids is 2. The molecule has 32 heavy (non-hydrogen) atoms. The molecular weight excluding hydrogens is 466 g/mol. The van der Waals surface area contributed by atoms with E-state index in [4.69, 9.17) is 0 Å². The molecule has 5 nitrogen and oxygen atoms in total. The van der Waals surface area contributed by atoms with Crippen molar-refractivity contribution in [1.82, 2.24) is 15.1 Å². The first kappa shape index (κ1) is 23.0. The second kappa shape index (κ2) is 10.6. The third kappa shape index (κ3) is 5.59. The first-order chi connectivity index (χ1) is 15.5. The fraction of sp³-hybridized carbons (Fsp3) is 0.462. The van der Waals surface area contributed by atoms with E-state index in [-0.39, 0.29) is 17.9 Å². The van der Waals surface area contributed by atoms with Crippen molar-refractivity contribution in [3.63, 3.8) is 0 Å². The van der Waals surface area contributed by atoms with Gasteiger partial charge in [-0.05, 0) is 49.4 Å². The van der Waals surface area contributed by atoms with E-state index in [2.05, 4.69) is 51.3 Å². The lowest BCUT2D eigenvalue weighted by Crippen LogP contribution is -2.57. The van der Waals surface area contributed by atoms with Gasteiger partial charge in [0, 0.05) is 42.8 Å². The van der Waals surface area contributed by atoms with Crippen LogP contribution in [-0.2, 0) is 11.3 Å². The van der Waals surface area contributed by atoms with Crippen molar-refractivity contribution in [3.05, 3.63) is 69.7 Å². The highest BCUT2D eigenvalue weighted by Crippen LogP contribution is 2.31. The Balaban J connectivity index is 1.39. The van der Waals surface area contributed by atoms with E-state index >= 15 is 0 Å². The summed E-state index contributed by atoms with van der Waals surface area (Å²) in [6.07, 6.45) is 4.63. The number of piperazine rings is 1. The molecule has 0 radical (unpaired) electrons. The van der Waals surface area contributed by atoms with E-state index < -0.39 is 0 Å². The van der Waals surface area contributed by atoms with Crippen molar-refractivity contribution >= 4 is 27.7 Å². The summed E-state index contributed by atoms with van der Waals surface area (Å²) in [5.74, 6) is 0.595. The number of aryl methyl sites for hydroxylation is 1. The molecule has 0 bridgehead atoms. The third-order valence-corrected chi connectivity index (χ3v) is 7.22. The molecule has 2 aliphatic rings. The third-order valence-electron chi connectivity index (χ3n) is 6.73. The number of rotatable bonds is 6. The number of hydrogen-bond donors (Lipinski definition) is 1. The Bertz CT molecular complexity index is 950. The number of halogens is 1. The van der Waals surface area contributed by atoms with E-state index in [1.54, 1.807) is 0 Å². The molecule has 2 aromatic carbocycles. The normalized spacial score (nSPS) is 18.5. The topological polar surface area (TPSA) is 52.7 Å². The fourth-order valence-electron chi connectivity index (χ4n) is 5.07. The Morgan fingerprint density at radius 1 is 1.03 bits per heavy atom. The van der Waals surface area contributed by atoms with Gasteiger partial charge >= 0.3 is 0 Å². The summed E-state index contributed by atoms with van der Waals surface area (Å²) in [6, 6.07) is 15.7. The van der Waals surface area contributed by atoms with E-state index in [9.17, 15) is 9.59 Å². The second-order valence-corrected chi connectivity index (χ2v) is 9.95. The molecule has 1 atom stereocenters. The Kier molecular flexibility index (Phi) is 7.63. The van der Waals surface area contributed by atoms with Crippen LogP contribution in [0.15, 0.2) is 53.0 Å². The molecule has 1 heterocycles. The standard InChI is InChI=1S/C26H32BrN3O2/c1-19-6-4-7-20(16-19)18-28-25(31)24(21-8-2-3-9-21)29-12-14-30(15-13-29)26(32)22-10-5-11-23(27)17-22/h4-7,10-11,16-17,21,24H,2-3,8-9,12-15,18H2,1H3,(H,28,31). The van der Waals surface area contributed by atoms with Crippen molar-refractivity contribution < 1.29 is 9.59 Å². The average Bonchev–Trinajstić information content (AvgIpc) is 3.32. The van der Waals surface area contributed by atoms with Gasteiger partial charge in [0.05, 0.1) is 6.04 Å². The Morgan fingerprint density at radius 2 is 1.75 bits per heavy atom. The zero-order chi connectivity index (χ0) is 22.5. The largest absolute Gasteiger partial charge is 0.351 e. The molecule has 0 aromatic heterocycles. The van der Waals surface area contributed by atoms with Crippen LogP contribution in [0.4, 0.5) is 0 Å². The van der Waals surface area contributed by atoms with Crippen LogP contribution >= 0.6 is 15.9 Å². The highest BCUT2D eigenvalue weighted by Gasteiger charge is 2.37. The molecule has 1 saturated carbocycles. The predicted molar refractivity (Wildman–Crippen MR) is 130 cm³/mol. The number of nitrogens with zero attached hydrogens (tertiary/aromatic N) is 2. The maximum Gasteiger partial charge on any atom is 0.253 e. The van der Waals surface area contributed by atoms with Crippen LogP contribution in [0.1, 0.15) is 47.2 Å². The maximum absolute atomic E-state index is 13.3. The number of nitrogens with one attached hydrogen (secondary N) is 1. The molecule has 1 N–H and O–H groups in total. The van der Waals surface area contributed by atoms with Crippen LogP contribution in [0, 0.1) is 12.8 Å². The highest BCUT2D eigenvalue weighted by atomic mass is 79.9. The molecule has 1 unspecified atom stereocenters. The van der Waals surface area contributed by atoms with Crippen molar-refractivity contribution in [2.24, 2.45) is 5.92 Å². The minimum atomic E-state index is -0.106. The van der Waals surface area contributed by atoms with Gasteiger partial charge < -0.3 is 10.2 Å². The molecule has 170 valence electrons. The summed E-state index contributed by atoms with van der Waals surface area (Å²) >= 11 is 3.45. The van der Waals surface area contributed by atoms with Crippen LogP contribution in [0.2, 0.25) is 0 Å². The van der Waals surface area contributed by atoms with Crippen LogP contribution in [-0.4, -0.2) is 53.8 Å². The minimum Gasteiger partial charge on any atom is -0.351 e. The van der Waals surface area contributed by atoms with Crippen LogP contribution in [0.25, 0.3) is 0 Å². The van der Waals surface area contributed by atoms with E-state index in [1.165, 1.54) is 18.4 Å². The van der Waals surface area contributed by atoms with Gasteiger partial charge in [-0.25, -0.2) is 0 Å². The fourth-order valence-corrected chi connectivity index (χ4v) is 5.47. The summed E-state index contributed by atoms with van der Waals surface area (Å²) in [7, 11) is 0. The van der Waals surface area contributed by atoms with Crippen molar-refractivity contribution in [1.29, 1.82) is 0 Å². The predicted octanol–water partition coefficient (Wildman–Crippen LogP) is 4.39. The molecule has 1 saturated heterocycles. The number of hydrogen-bond acceptors (Lipinski definition) is 3. The lowest BCUT2D eigenvalue weighted by atomic mass is 9.94. The van der Waals surface area contributed by atoms with Crippen LogP contribution < -0.4 is 5.32 Å². The van der Waals surface area contributed by atoms with Crippen molar-refractivity contribution in [3.8, 4) is 0 Å². The molecule has 0 spiro atoms. The summed E-state index contributed by atoms with van der Waals surface area (Å²) in [4.78, 5) is 30.5. The van der Waals surface area contributed by atoms with Crippen molar-refractivity contribution in [2.45, 2.75) is 45.2 Å². The molecule has 4 rings (SSSR count). The molecule has 2 aromatic rings. The second-order valence-electron chi connectivity index (χ2n) is 9.03. The zero-order valence-corrected chi connectivity index (χ0v) is 20.3. The van der Waals surface area contributed by atoms with Crippen molar-refractivity contribution in [2.75, 3.05) is 26.2 Å². The smallest absolute Gasteiger partial charge is 0.253 e. The molecule has 6 heteroatoms. The first-order valence-corrected chi connectivity index (χ1v) is 12.4. The highest BCUT2D eigenvalue weighted by molar-refractivity contribution is 9.10. The Hall–Kier alpha value is -2.18. The van der Waals surface area contributed by atoms with Gasteiger partial charge in [-0.3, -0.25) is 14.5 Å². The molecule has 1 aliphatic carbocycles. The Morgan fingerprint density at radius 3 is 2.44 bits per heavy atom. The van der Waals surface area contributed by atoms with E-state index in [0.29, 0.717) is 31.1 Å². The van der Waals surface area contributed by atoms with Gasteiger partial charge in [0.15, 0.2) is 0 Å². The van der Waals surface area contributed by atoms with Crippen LogP contribution in [0.5, 0.6) is 0 Å². The van der Waals surface area contributed by atoms with E-state index in [0.717, 1.165) is 36.0 Å². The Labute approximate surface area is 199 Å². The molecule has 2 fully saturated rings. The lowest BCUT2D eigenvalue weighted by Gasteiger charge is -2.40. The monoisotopic (exact) mass is 497 g/mol. The lowest BCUT2D eigenvalue weighted by molar-refractivity contribution is -0.129. The number of amides is 2. The molecular formula is C26H32BrN3O2. The first-order valence-electron chi connectivity index (χ1n) is 11.6. The molecule has 1 aliphatic heterocycles. The average molecular weight is 498 g/mol. The van der Waals surface area contributed by atoms with E-state index in [1.807, 2.05) is 35.2 Å². The van der Waals surface area contributed by atoms with Crippen LogP contribution in [0.3, 0.4) is 0 Å². The minimum absolute atomic E-state index is 0.0623. The number of carbonyl (C=O) groups is 2. The number of benzene rings is 2. The summed E-state index contributed by atoms with van der Waals surface area (Å²) in [5, 5.41) is 3.20. The van der Waals surface area contributed by atoms with Gasteiger partial charge in [-0.1, -0.05) is 64.7 Å². The van der Waals surface area contributed by atoms with Gasteiger partial charge in [-0.15, -0.1) is 0 Å². The van der Waals surface area contributed by atoms with Gasteiger partial charge in [0.2, 0.25) is 5.91 Å². The SMILES string of the molecule is Cc1cccc(CNC(=O)C(C2CCCC2)N2CCN(C(=O)c3cccc(Br)c3)CC2)c1. The summed E-state index contributed by atoms with van der Waals surface area (Å²) in [6.45, 7) is 5.41. The van der Waals surface area contributed by atoms with Gasteiger partial charge in [-0.2, -0.15) is 0 Å². The van der Waals surface area contributed by atoms with Gasteiger partial charge in [0.25, 0.3) is 5.91 Å². The zero-order valence-electron chi connectivity index (χ0n) is 18.7. The quantitative estimate of drug-likeness (QED) is 0.643. The van der Waals surface area contributed by atoms with Gasteiger partial charge in [0.1, 0.15) is 0 Å².